The predicted molar refractivity (Wildman–Crippen MR) is 59.2 cm³/mol. The highest BCUT2D eigenvalue weighted by Crippen LogP contribution is 2.16. The summed E-state index contributed by atoms with van der Waals surface area (Å²) < 4.78 is 1.46. The van der Waals surface area contributed by atoms with E-state index >= 15 is 0 Å². The van der Waals surface area contributed by atoms with Crippen molar-refractivity contribution in [3.63, 3.8) is 0 Å². The van der Waals surface area contributed by atoms with Gasteiger partial charge in [-0.2, -0.15) is 0 Å². The van der Waals surface area contributed by atoms with Crippen LogP contribution in [0.3, 0.4) is 0 Å². The van der Waals surface area contributed by atoms with Gasteiger partial charge in [-0.1, -0.05) is 6.07 Å². The predicted octanol–water partition coefficient (Wildman–Crippen LogP) is 0.668. The fraction of sp³-hybridized carbons (Fsp3) is 0.0909. The summed E-state index contributed by atoms with van der Waals surface area (Å²) in [5.74, 6) is 0. The van der Waals surface area contributed by atoms with Crippen LogP contribution in [0.2, 0.25) is 0 Å². The average Bonchev–Trinajstić information content (AvgIpc) is 2.78. The van der Waals surface area contributed by atoms with Gasteiger partial charge in [-0.15, -0.1) is 0 Å². The number of aliphatic hydroxyl groups is 1. The quantitative estimate of drug-likeness (QED) is 0.626. The number of aromatic amines is 1. The summed E-state index contributed by atoms with van der Waals surface area (Å²) in [6.45, 7) is -0.0441. The number of H-pyrrole nitrogens is 1. The van der Waals surface area contributed by atoms with Crippen LogP contribution in [0.25, 0.3) is 16.6 Å². The highest BCUT2D eigenvalue weighted by molar-refractivity contribution is 5.91. The molecule has 0 fully saturated rings. The molecule has 3 rings (SSSR count). The third-order valence-electron chi connectivity index (χ3n) is 2.61. The fourth-order valence-electron chi connectivity index (χ4n) is 1.83. The number of benzene rings is 1. The molecule has 0 aliphatic heterocycles. The minimum atomic E-state index is -0.227. The van der Waals surface area contributed by atoms with Gasteiger partial charge >= 0.3 is 5.69 Å². The van der Waals surface area contributed by atoms with Crippen LogP contribution in [0.5, 0.6) is 0 Å². The standard InChI is InChI=1S/C11H9N3O2/c15-6-7-1-2-8-9(5-7)13-11(16)14-4-3-12-10(8)14/h1-5,15H,6H2,(H,13,16). The van der Waals surface area contributed by atoms with Gasteiger partial charge in [0, 0.05) is 17.8 Å². The zero-order chi connectivity index (χ0) is 11.1. The Kier molecular flexibility index (Phi) is 1.81. The number of nitrogens with one attached hydrogen (secondary N) is 1. The molecule has 5 heteroatoms. The van der Waals surface area contributed by atoms with Gasteiger partial charge in [0.1, 0.15) is 5.65 Å². The van der Waals surface area contributed by atoms with Crippen molar-refractivity contribution in [1.82, 2.24) is 14.4 Å². The molecule has 16 heavy (non-hydrogen) atoms. The summed E-state index contributed by atoms with van der Waals surface area (Å²) in [7, 11) is 0. The molecule has 2 N–H and O–H groups in total. The number of imidazole rings is 1. The molecule has 0 bridgehead atoms. The molecular weight excluding hydrogens is 206 g/mol. The van der Waals surface area contributed by atoms with E-state index in [2.05, 4.69) is 9.97 Å². The average molecular weight is 215 g/mol. The molecule has 0 saturated heterocycles. The van der Waals surface area contributed by atoms with Gasteiger partial charge in [0.05, 0.1) is 12.1 Å². The molecule has 0 spiro atoms. The maximum atomic E-state index is 11.7. The van der Waals surface area contributed by atoms with Gasteiger partial charge in [0.2, 0.25) is 0 Å². The summed E-state index contributed by atoms with van der Waals surface area (Å²) in [4.78, 5) is 18.6. The lowest BCUT2D eigenvalue weighted by Crippen LogP contribution is -2.15. The van der Waals surface area contributed by atoms with Crippen LogP contribution in [-0.4, -0.2) is 19.5 Å². The maximum Gasteiger partial charge on any atom is 0.331 e. The van der Waals surface area contributed by atoms with E-state index in [1.54, 1.807) is 18.5 Å². The molecule has 0 radical (unpaired) electrons. The Morgan fingerprint density at radius 1 is 1.44 bits per heavy atom. The second-order valence-electron chi connectivity index (χ2n) is 3.59. The first-order chi connectivity index (χ1) is 7.79. The van der Waals surface area contributed by atoms with Gasteiger partial charge in [-0.3, -0.25) is 4.40 Å². The van der Waals surface area contributed by atoms with Crippen molar-refractivity contribution in [2.75, 3.05) is 0 Å². The first kappa shape index (κ1) is 9.11. The van der Waals surface area contributed by atoms with Gasteiger partial charge in [0.15, 0.2) is 0 Å². The SMILES string of the molecule is O=c1[nH]c2cc(CO)ccc2c2nccn12. The summed E-state index contributed by atoms with van der Waals surface area (Å²) in [6, 6.07) is 5.42. The maximum absolute atomic E-state index is 11.7. The first-order valence-electron chi connectivity index (χ1n) is 4.88. The summed E-state index contributed by atoms with van der Waals surface area (Å²) in [6.07, 6.45) is 3.21. The van der Waals surface area contributed by atoms with Crippen LogP contribution in [0.1, 0.15) is 5.56 Å². The van der Waals surface area contributed by atoms with Crippen molar-refractivity contribution in [2.24, 2.45) is 0 Å². The van der Waals surface area contributed by atoms with E-state index in [0.29, 0.717) is 11.2 Å². The zero-order valence-electron chi connectivity index (χ0n) is 8.34. The highest BCUT2D eigenvalue weighted by Gasteiger charge is 2.05. The van der Waals surface area contributed by atoms with E-state index in [1.165, 1.54) is 4.40 Å². The van der Waals surface area contributed by atoms with Gasteiger partial charge < -0.3 is 10.1 Å². The largest absolute Gasteiger partial charge is 0.392 e. The van der Waals surface area contributed by atoms with Crippen LogP contribution in [0.4, 0.5) is 0 Å². The van der Waals surface area contributed by atoms with Crippen molar-refractivity contribution >= 4 is 16.6 Å². The molecule has 0 amide bonds. The minimum absolute atomic E-state index is 0.0441. The Labute approximate surface area is 90.0 Å². The normalized spacial score (nSPS) is 11.3. The zero-order valence-corrected chi connectivity index (χ0v) is 8.34. The van der Waals surface area contributed by atoms with E-state index in [0.717, 1.165) is 10.9 Å². The molecule has 0 aliphatic rings. The highest BCUT2D eigenvalue weighted by atomic mass is 16.3. The molecule has 80 valence electrons. The van der Waals surface area contributed by atoms with Crippen molar-refractivity contribution in [2.45, 2.75) is 6.61 Å². The van der Waals surface area contributed by atoms with E-state index in [1.807, 2.05) is 12.1 Å². The van der Waals surface area contributed by atoms with Crippen molar-refractivity contribution in [1.29, 1.82) is 0 Å². The van der Waals surface area contributed by atoms with Gasteiger partial charge in [0.25, 0.3) is 0 Å². The van der Waals surface area contributed by atoms with E-state index in [4.69, 9.17) is 5.11 Å². The molecule has 1 aromatic carbocycles. The van der Waals surface area contributed by atoms with E-state index < -0.39 is 0 Å². The molecule has 0 atom stereocenters. The van der Waals surface area contributed by atoms with E-state index in [-0.39, 0.29) is 12.3 Å². The Morgan fingerprint density at radius 2 is 2.31 bits per heavy atom. The number of fused-ring (bicyclic) bond motifs is 3. The van der Waals surface area contributed by atoms with Gasteiger partial charge in [-0.05, 0) is 17.7 Å². The van der Waals surface area contributed by atoms with E-state index in [9.17, 15) is 4.79 Å². The lowest BCUT2D eigenvalue weighted by atomic mass is 10.1. The Bertz CT molecular complexity index is 727. The van der Waals surface area contributed by atoms with Crippen LogP contribution in [-0.2, 0) is 6.61 Å². The minimum Gasteiger partial charge on any atom is -0.392 e. The van der Waals surface area contributed by atoms with Crippen molar-refractivity contribution < 1.29 is 5.11 Å². The van der Waals surface area contributed by atoms with Gasteiger partial charge in [-0.25, -0.2) is 9.78 Å². The Hall–Kier alpha value is -2.14. The number of aliphatic hydroxyl groups excluding tert-OH is 1. The topological polar surface area (TPSA) is 70.4 Å². The first-order valence-corrected chi connectivity index (χ1v) is 4.88. The van der Waals surface area contributed by atoms with Crippen LogP contribution in [0.15, 0.2) is 35.4 Å². The lowest BCUT2D eigenvalue weighted by Gasteiger charge is -2.02. The van der Waals surface area contributed by atoms with Crippen LogP contribution >= 0.6 is 0 Å². The Balaban J connectivity index is 2.53. The molecule has 0 aliphatic carbocycles. The molecule has 0 saturated carbocycles. The fourth-order valence-corrected chi connectivity index (χ4v) is 1.83. The van der Waals surface area contributed by atoms with Crippen LogP contribution in [0, 0.1) is 0 Å². The molecule has 2 heterocycles. The monoisotopic (exact) mass is 215 g/mol. The molecular formula is C11H9N3O2. The summed E-state index contributed by atoms with van der Waals surface area (Å²) in [5.41, 5.74) is 1.85. The third kappa shape index (κ3) is 1.15. The number of rotatable bonds is 1. The molecule has 3 aromatic rings. The number of hydrogen-bond acceptors (Lipinski definition) is 3. The third-order valence-corrected chi connectivity index (χ3v) is 2.61. The summed E-state index contributed by atoms with van der Waals surface area (Å²) >= 11 is 0. The molecule has 5 nitrogen and oxygen atoms in total. The molecule has 2 aromatic heterocycles. The van der Waals surface area contributed by atoms with Crippen molar-refractivity contribution in [3.05, 3.63) is 46.6 Å². The number of hydrogen-bond donors (Lipinski definition) is 2. The van der Waals surface area contributed by atoms with Crippen molar-refractivity contribution in [3.8, 4) is 0 Å². The Morgan fingerprint density at radius 3 is 3.12 bits per heavy atom. The number of aromatic nitrogens is 3. The lowest BCUT2D eigenvalue weighted by molar-refractivity contribution is 0.282. The summed E-state index contributed by atoms with van der Waals surface area (Å²) in [5, 5.41) is 9.89. The molecule has 0 unspecified atom stereocenters. The smallest absolute Gasteiger partial charge is 0.331 e. The van der Waals surface area contributed by atoms with Crippen LogP contribution < -0.4 is 5.69 Å². The number of nitrogens with zero attached hydrogens (tertiary/aromatic N) is 2. The second-order valence-corrected chi connectivity index (χ2v) is 3.59. The second kappa shape index (κ2) is 3.18.